The van der Waals surface area contributed by atoms with Crippen LogP contribution in [0.15, 0.2) is 78.9 Å². The summed E-state index contributed by atoms with van der Waals surface area (Å²) in [7, 11) is 0. The van der Waals surface area contributed by atoms with Crippen molar-refractivity contribution >= 4 is 43.7 Å². The number of thiophene rings is 1. The van der Waals surface area contributed by atoms with Crippen LogP contribution in [0.25, 0.3) is 41.3 Å². The van der Waals surface area contributed by atoms with Crippen molar-refractivity contribution in [2.45, 2.75) is 0 Å². The van der Waals surface area contributed by atoms with Crippen LogP contribution in [0, 0.1) is 0 Å². The topological polar surface area (TPSA) is 12.9 Å². The number of thiazole rings is 1. The maximum atomic E-state index is 4.78. The Bertz CT molecular complexity index is 1130. The summed E-state index contributed by atoms with van der Waals surface area (Å²) in [4.78, 5) is 7.31. The standard InChI is InChI=1S/C21H13NS2/c1-2-8-15-14(6-1)7-5-9-16(15)18-12-13-20(23-18)21-22-17-10-3-4-11-19(17)24-21/h1-13H. The lowest BCUT2D eigenvalue weighted by atomic mass is 10.0. The summed E-state index contributed by atoms with van der Waals surface area (Å²) in [5.74, 6) is 0. The number of nitrogens with zero attached hydrogens (tertiary/aromatic N) is 1. The van der Waals surface area contributed by atoms with E-state index < -0.39 is 0 Å². The zero-order valence-corrected chi connectivity index (χ0v) is 14.4. The van der Waals surface area contributed by atoms with Crippen LogP contribution < -0.4 is 0 Å². The molecule has 24 heavy (non-hydrogen) atoms. The molecule has 0 spiro atoms. The molecule has 2 heterocycles. The maximum Gasteiger partial charge on any atom is 0.134 e. The normalized spacial score (nSPS) is 11.3. The predicted octanol–water partition coefficient (Wildman–Crippen LogP) is 6.85. The van der Waals surface area contributed by atoms with Gasteiger partial charge in [0.15, 0.2) is 0 Å². The lowest BCUT2D eigenvalue weighted by molar-refractivity contribution is 1.50. The quantitative estimate of drug-likeness (QED) is 0.342. The van der Waals surface area contributed by atoms with E-state index in [0.29, 0.717) is 0 Å². The van der Waals surface area contributed by atoms with Crippen molar-refractivity contribution in [2.24, 2.45) is 0 Å². The van der Waals surface area contributed by atoms with Crippen molar-refractivity contribution in [2.75, 3.05) is 0 Å². The molecule has 0 bridgehead atoms. The second-order valence-electron chi connectivity index (χ2n) is 5.68. The van der Waals surface area contributed by atoms with Gasteiger partial charge in [-0.3, -0.25) is 0 Å². The van der Waals surface area contributed by atoms with Gasteiger partial charge in [-0.1, -0.05) is 54.6 Å². The third-order valence-electron chi connectivity index (χ3n) is 4.17. The first-order valence-electron chi connectivity index (χ1n) is 7.82. The van der Waals surface area contributed by atoms with Gasteiger partial charge in [-0.05, 0) is 40.6 Å². The Balaban J connectivity index is 1.64. The number of hydrogen-bond acceptors (Lipinski definition) is 3. The monoisotopic (exact) mass is 343 g/mol. The van der Waals surface area contributed by atoms with Crippen LogP contribution in [-0.4, -0.2) is 4.98 Å². The van der Waals surface area contributed by atoms with Gasteiger partial charge in [0.25, 0.3) is 0 Å². The highest BCUT2D eigenvalue weighted by Crippen LogP contribution is 2.39. The summed E-state index contributed by atoms with van der Waals surface area (Å²) in [6.45, 7) is 0. The van der Waals surface area contributed by atoms with Crippen molar-refractivity contribution in [1.29, 1.82) is 0 Å². The fraction of sp³-hybridized carbons (Fsp3) is 0. The Morgan fingerprint density at radius 1 is 0.625 bits per heavy atom. The van der Waals surface area contributed by atoms with Crippen LogP contribution in [-0.2, 0) is 0 Å². The van der Waals surface area contributed by atoms with E-state index in [1.807, 2.05) is 17.4 Å². The first-order chi connectivity index (χ1) is 11.9. The molecular formula is C21H13NS2. The van der Waals surface area contributed by atoms with Gasteiger partial charge in [0, 0.05) is 4.88 Å². The first-order valence-corrected chi connectivity index (χ1v) is 9.46. The Morgan fingerprint density at radius 3 is 2.38 bits per heavy atom. The van der Waals surface area contributed by atoms with Gasteiger partial charge < -0.3 is 0 Å². The Hall–Kier alpha value is -2.49. The van der Waals surface area contributed by atoms with Crippen LogP contribution in [0.5, 0.6) is 0 Å². The van der Waals surface area contributed by atoms with Crippen molar-refractivity contribution in [3.05, 3.63) is 78.9 Å². The minimum atomic E-state index is 1.08. The van der Waals surface area contributed by atoms with Crippen LogP contribution in [0.4, 0.5) is 0 Å². The van der Waals surface area contributed by atoms with Gasteiger partial charge in [0.05, 0.1) is 15.1 Å². The summed E-state index contributed by atoms with van der Waals surface area (Å²) in [5, 5.41) is 3.69. The molecule has 0 aliphatic rings. The van der Waals surface area contributed by atoms with E-state index >= 15 is 0 Å². The molecule has 0 radical (unpaired) electrons. The van der Waals surface area contributed by atoms with E-state index in [-0.39, 0.29) is 0 Å². The molecular weight excluding hydrogens is 330 g/mol. The number of hydrogen-bond donors (Lipinski definition) is 0. The predicted molar refractivity (Wildman–Crippen MR) is 106 cm³/mol. The Kier molecular flexibility index (Phi) is 3.21. The summed E-state index contributed by atoms with van der Waals surface area (Å²) in [6, 6.07) is 27.8. The molecule has 0 aliphatic heterocycles. The van der Waals surface area contributed by atoms with Crippen LogP contribution in [0.2, 0.25) is 0 Å². The first kappa shape index (κ1) is 13.9. The molecule has 2 aromatic heterocycles. The number of benzene rings is 3. The second-order valence-corrected chi connectivity index (χ2v) is 7.79. The lowest BCUT2D eigenvalue weighted by Gasteiger charge is -2.03. The number of fused-ring (bicyclic) bond motifs is 2. The van der Waals surface area contributed by atoms with E-state index in [9.17, 15) is 0 Å². The number of aromatic nitrogens is 1. The van der Waals surface area contributed by atoms with Crippen LogP contribution in [0.1, 0.15) is 0 Å². The average molecular weight is 343 g/mol. The highest BCUT2D eigenvalue weighted by Gasteiger charge is 2.11. The fourth-order valence-electron chi connectivity index (χ4n) is 3.02. The van der Waals surface area contributed by atoms with Gasteiger partial charge in [-0.25, -0.2) is 4.98 Å². The number of para-hydroxylation sites is 1. The molecule has 0 atom stereocenters. The van der Waals surface area contributed by atoms with Crippen LogP contribution in [0.3, 0.4) is 0 Å². The molecule has 5 aromatic rings. The third-order valence-corrected chi connectivity index (χ3v) is 6.49. The minimum absolute atomic E-state index is 1.08. The van der Waals surface area contributed by atoms with Gasteiger partial charge >= 0.3 is 0 Å². The minimum Gasteiger partial charge on any atom is -0.235 e. The van der Waals surface area contributed by atoms with Gasteiger partial charge in [0.1, 0.15) is 5.01 Å². The van der Waals surface area contributed by atoms with E-state index in [1.54, 1.807) is 11.3 Å². The Labute approximate surface area is 147 Å². The molecule has 0 saturated heterocycles. The van der Waals surface area contributed by atoms with Gasteiger partial charge in [0.2, 0.25) is 0 Å². The molecule has 0 saturated carbocycles. The number of rotatable bonds is 2. The van der Waals surface area contributed by atoms with Crippen molar-refractivity contribution in [3.8, 4) is 20.3 Å². The maximum absolute atomic E-state index is 4.78. The molecule has 0 unspecified atom stereocenters. The summed E-state index contributed by atoms with van der Waals surface area (Å²) in [5.41, 5.74) is 2.38. The second kappa shape index (κ2) is 5.55. The lowest BCUT2D eigenvalue weighted by Crippen LogP contribution is -1.76. The summed E-state index contributed by atoms with van der Waals surface area (Å²) in [6.07, 6.45) is 0. The van der Waals surface area contributed by atoms with E-state index in [2.05, 4.69) is 72.8 Å². The highest BCUT2D eigenvalue weighted by atomic mass is 32.1. The van der Waals surface area contributed by atoms with Crippen molar-refractivity contribution in [1.82, 2.24) is 4.98 Å². The van der Waals surface area contributed by atoms with Crippen LogP contribution >= 0.6 is 22.7 Å². The molecule has 0 amide bonds. The van der Waals surface area contributed by atoms with Gasteiger partial charge in [-0.2, -0.15) is 0 Å². The smallest absolute Gasteiger partial charge is 0.134 e. The molecule has 0 N–H and O–H groups in total. The zero-order chi connectivity index (χ0) is 15.9. The SMILES string of the molecule is c1ccc2c(-c3ccc(-c4nc5ccccc5s4)s3)cccc2c1. The third kappa shape index (κ3) is 2.25. The molecule has 3 aromatic carbocycles. The Morgan fingerprint density at radius 2 is 1.42 bits per heavy atom. The fourth-order valence-corrected chi connectivity index (χ4v) is 5.08. The molecule has 114 valence electrons. The molecule has 5 rings (SSSR count). The molecule has 3 heteroatoms. The summed E-state index contributed by atoms with van der Waals surface area (Å²) < 4.78 is 1.24. The van der Waals surface area contributed by atoms with E-state index in [0.717, 1.165) is 10.5 Å². The highest BCUT2D eigenvalue weighted by molar-refractivity contribution is 7.26. The summed E-state index contributed by atoms with van der Waals surface area (Å²) >= 11 is 3.58. The van der Waals surface area contributed by atoms with Crippen molar-refractivity contribution < 1.29 is 0 Å². The molecule has 0 fully saturated rings. The van der Waals surface area contributed by atoms with Crippen molar-refractivity contribution in [3.63, 3.8) is 0 Å². The molecule has 1 nitrogen and oxygen atoms in total. The largest absolute Gasteiger partial charge is 0.235 e. The van der Waals surface area contributed by atoms with E-state index in [1.165, 1.54) is 30.8 Å². The zero-order valence-electron chi connectivity index (χ0n) is 12.8. The van der Waals surface area contributed by atoms with Gasteiger partial charge in [-0.15, -0.1) is 22.7 Å². The molecule has 0 aliphatic carbocycles. The average Bonchev–Trinajstić information content (AvgIpc) is 3.28. The van der Waals surface area contributed by atoms with E-state index in [4.69, 9.17) is 4.98 Å².